The molecule has 84 valence electrons. The average Bonchev–Trinajstić information content (AvgIpc) is 2.64. The van der Waals surface area contributed by atoms with Crippen LogP contribution in [0.3, 0.4) is 0 Å². The first kappa shape index (κ1) is 11.7. The van der Waals surface area contributed by atoms with E-state index in [2.05, 4.69) is 37.0 Å². The molecule has 3 nitrogen and oxygen atoms in total. The quantitative estimate of drug-likeness (QED) is 0.851. The van der Waals surface area contributed by atoms with Crippen molar-refractivity contribution in [1.29, 1.82) is 0 Å². The lowest BCUT2D eigenvalue weighted by molar-refractivity contribution is 0.407. The standard InChI is InChI=1S/C11H10Br2N2O/c1-16-11-3-2-9(12)4-8(11)6-15-7-10(13)5-14-15/h2-5,7H,6H2,1H3. The van der Waals surface area contributed by atoms with E-state index in [1.165, 1.54) is 0 Å². The van der Waals surface area contributed by atoms with E-state index in [9.17, 15) is 0 Å². The molecule has 0 aliphatic carbocycles. The monoisotopic (exact) mass is 344 g/mol. The zero-order valence-electron chi connectivity index (χ0n) is 8.65. The molecule has 0 aliphatic rings. The van der Waals surface area contributed by atoms with Crippen LogP contribution in [0.15, 0.2) is 39.5 Å². The Bertz CT molecular complexity index is 496. The van der Waals surface area contributed by atoms with Gasteiger partial charge < -0.3 is 4.74 Å². The molecular weight excluding hydrogens is 336 g/mol. The average molecular weight is 346 g/mol. The van der Waals surface area contributed by atoms with Crippen LogP contribution in [0.2, 0.25) is 0 Å². The lowest BCUT2D eigenvalue weighted by atomic mass is 10.2. The minimum Gasteiger partial charge on any atom is -0.496 e. The summed E-state index contributed by atoms with van der Waals surface area (Å²) >= 11 is 6.82. The Hall–Kier alpha value is -0.810. The van der Waals surface area contributed by atoms with Gasteiger partial charge in [0.1, 0.15) is 5.75 Å². The summed E-state index contributed by atoms with van der Waals surface area (Å²) in [6, 6.07) is 5.94. The lowest BCUT2D eigenvalue weighted by Gasteiger charge is -2.08. The molecular formula is C11H10Br2N2O. The predicted molar refractivity (Wildman–Crippen MR) is 69.7 cm³/mol. The Kier molecular flexibility index (Phi) is 3.66. The molecule has 0 spiro atoms. The predicted octanol–water partition coefficient (Wildman–Crippen LogP) is 3.47. The first-order chi connectivity index (χ1) is 7.69. The third kappa shape index (κ3) is 2.65. The zero-order valence-corrected chi connectivity index (χ0v) is 11.8. The molecule has 0 saturated heterocycles. The van der Waals surface area contributed by atoms with Crippen LogP contribution in [-0.4, -0.2) is 16.9 Å². The lowest BCUT2D eigenvalue weighted by Crippen LogP contribution is -2.02. The Balaban J connectivity index is 2.29. The van der Waals surface area contributed by atoms with Crippen LogP contribution in [0.25, 0.3) is 0 Å². The normalized spacial score (nSPS) is 10.4. The van der Waals surface area contributed by atoms with Gasteiger partial charge in [-0.3, -0.25) is 4.68 Å². The molecule has 0 aliphatic heterocycles. The maximum atomic E-state index is 5.31. The number of rotatable bonds is 3. The molecule has 1 aromatic carbocycles. The van der Waals surface area contributed by atoms with Crippen LogP contribution >= 0.6 is 31.9 Å². The van der Waals surface area contributed by atoms with Gasteiger partial charge in [-0.1, -0.05) is 15.9 Å². The highest BCUT2D eigenvalue weighted by Crippen LogP contribution is 2.23. The fourth-order valence-corrected chi connectivity index (χ4v) is 2.21. The Labute approximate surface area is 111 Å². The van der Waals surface area contributed by atoms with Crippen molar-refractivity contribution in [2.45, 2.75) is 6.54 Å². The molecule has 2 rings (SSSR count). The van der Waals surface area contributed by atoms with Crippen LogP contribution < -0.4 is 4.74 Å². The molecule has 16 heavy (non-hydrogen) atoms. The summed E-state index contributed by atoms with van der Waals surface area (Å²) in [7, 11) is 1.67. The van der Waals surface area contributed by atoms with Gasteiger partial charge in [0.2, 0.25) is 0 Å². The van der Waals surface area contributed by atoms with Crippen LogP contribution in [0, 0.1) is 0 Å². The van der Waals surface area contributed by atoms with Gasteiger partial charge in [-0.25, -0.2) is 0 Å². The molecule has 1 heterocycles. The van der Waals surface area contributed by atoms with Crippen LogP contribution in [0.4, 0.5) is 0 Å². The second kappa shape index (κ2) is 5.01. The Morgan fingerprint density at radius 2 is 2.12 bits per heavy atom. The van der Waals surface area contributed by atoms with Crippen LogP contribution in [-0.2, 0) is 6.54 Å². The molecule has 0 N–H and O–H groups in total. The molecule has 0 unspecified atom stereocenters. The fraction of sp³-hybridized carbons (Fsp3) is 0.182. The van der Waals surface area contributed by atoms with Crippen molar-refractivity contribution >= 4 is 31.9 Å². The first-order valence-corrected chi connectivity index (χ1v) is 6.28. The fourth-order valence-electron chi connectivity index (χ4n) is 1.47. The van der Waals surface area contributed by atoms with E-state index in [1.54, 1.807) is 13.3 Å². The summed E-state index contributed by atoms with van der Waals surface area (Å²) in [6.45, 7) is 0.689. The van der Waals surface area contributed by atoms with Gasteiger partial charge in [-0.2, -0.15) is 5.10 Å². The number of nitrogens with zero attached hydrogens (tertiary/aromatic N) is 2. The van der Waals surface area contributed by atoms with Gasteiger partial charge in [-0.15, -0.1) is 0 Å². The van der Waals surface area contributed by atoms with E-state index in [0.29, 0.717) is 6.54 Å². The largest absolute Gasteiger partial charge is 0.496 e. The van der Waals surface area contributed by atoms with E-state index in [-0.39, 0.29) is 0 Å². The molecule has 0 saturated carbocycles. The highest BCUT2D eigenvalue weighted by atomic mass is 79.9. The minimum atomic E-state index is 0.689. The number of ether oxygens (including phenoxy) is 1. The third-order valence-electron chi connectivity index (χ3n) is 2.18. The van der Waals surface area contributed by atoms with Crippen molar-refractivity contribution in [3.05, 3.63) is 45.1 Å². The smallest absolute Gasteiger partial charge is 0.124 e. The minimum absolute atomic E-state index is 0.689. The van der Waals surface area contributed by atoms with Crippen LogP contribution in [0.5, 0.6) is 5.75 Å². The summed E-state index contributed by atoms with van der Waals surface area (Å²) < 4.78 is 9.17. The SMILES string of the molecule is COc1ccc(Br)cc1Cn1cc(Br)cn1. The molecule has 0 atom stereocenters. The third-order valence-corrected chi connectivity index (χ3v) is 3.08. The Morgan fingerprint density at radius 3 is 2.75 bits per heavy atom. The van der Waals surface area contributed by atoms with E-state index in [4.69, 9.17) is 4.74 Å². The summed E-state index contributed by atoms with van der Waals surface area (Å²) in [5, 5.41) is 4.22. The summed E-state index contributed by atoms with van der Waals surface area (Å²) in [6.07, 6.45) is 3.70. The van der Waals surface area contributed by atoms with Crippen molar-refractivity contribution in [2.24, 2.45) is 0 Å². The Morgan fingerprint density at radius 1 is 1.31 bits per heavy atom. The van der Waals surface area contributed by atoms with E-state index in [1.807, 2.05) is 29.1 Å². The molecule has 1 aromatic heterocycles. The van der Waals surface area contributed by atoms with E-state index >= 15 is 0 Å². The second-order valence-electron chi connectivity index (χ2n) is 3.31. The molecule has 0 amide bonds. The highest BCUT2D eigenvalue weighted by molar-refractivity contribution is 9.10. The first-order valence-electron chi connectivity index (χ1n) is 4.69. The molecule has 0 bridgehead atoms. The van der Waals surface area contributed by atoms with Gasteiger partial charge in [0.15, 0.2) is 0 Å². The van der Waals surface area contributed by atoms with Gasteiger partial charge in [0, 0.05) is 16.2 Å². The van der Waals surface area contributed by atoms with Crippen molar-refractivity contribution in [2.75, 3.05) is 7.11 Å². The second-order valence-corrected chi connectivity index (χ2v) is 5.14. The van der Waals surface area contributed by atoms with E-state index in [0.717, 1.165) is 20.3 Å². The number of hydrogen-bond donors (Lipinski definition) is 0. The van der Waals surface area contributed by atoms with Gasteiger partial charge in [0.05, 0.1) is 24.3 Å². The van der Waals surface area contributed by atoms with Crippen LogP contribution in [0.1, 0.15) is 5.56 Å². The van der Waals surface area contributed by atoms with Crippen molar-refractivity contribution in [3.8, 4) is 5.75 Å². The van der Waals surface area contributed by atoms with Crippen molar-refractivity contribution in [3.63, 3.8) is 0 Å². The van der Waals surface area contributed by atoms with Gasteiger partial charge in [-0.05, 0) is 34.1 Å². The number of hydrogen-bond acceptors (Lipinski definition) is 2. The number of aromatic nitrogens is 2. The maximum Gasteiger partial charge on any atom is 0.124 e. The molecule has 0 fully saturated rings. The van der Waals surface area contributed by atoms with Gasteiger partial charge in [0.25, 0.3) is 0 Å². The molecule has 2 aromatic rings. The maximum absolute atomic E-state index is 5.31. The summed E-state index contributed by atoms with van der Waals surface area (Å²) in [5.41, 5.74) is 1.09. The number of methoxy groups -OCH3 is 1. The van der Waals surface area contributed by atoms with Gasteiger partial charge >= 0.3 is 0 Å². The number of halogens is 2. The van der Waals surface area contributed by atoms with E-state index < -0.39 is 0 Å². The van der Waals surface area contributed by atoms with Crippen molar-refractivity contribution < 1.29 is 4.74 Å². The highest BCUT2D eigenvalue weighted by Gasteiger charge is 2.05. The topological polar surface area (TPSA) is 27.1 Å². The molecule has 0 radical (unpaired) electrons. The zero-order chi connectivity index (χ0) is 11.5. The van der Waals surface area contributed by atoms with Crippen molar-refractivity contribution in [1.82, 2.24) is 9.78 Å². The molecule has 5 heteroatoms. The number of benzene rings is 1. The summed E-state index contributed by atoms with van der Waals surface area (Å²) in [4.78, 5) is 0. The summed E-state index contributed by atoms with van der Waals surface area (Å²) in [5.74, 6) is 0.870.